The summed E-state index contributed by atoms with van der Waals surface area (Å²) in [5.41, 5.74) is 0.730. The maximum atomic E-state index is 11.6. The highest BCUT2D eigenvalue weighted by atomic mass is 32.2. The predicted octanol–water partition coefficient (Wildman–Crippen LogP) is 2.82. The summed E-state index contributed by atoms with van der Waals surface area (Å²) in [6.07, 6.45) is 3.82. The van der Waals surface area contributed by atoms with Gasteiger partial charge in [0.25, 0.3) is 0 Å². The lowest BCUT2D eigenvalue weighted by Gasteiger charge is -2.14. The summed E-state index contributed by atoms with van der Waals surface area (Å²) in [5.74, 6) is 0.671. The van der Waals surface area contributed by atoms with E-state index in [1.54, 1.807) is 30.5 Å². The van der Waals surface area contributed by atoms with Crippen LogP contribution in [-0.2, 0) is 9.84 Å². The largest absolute Gasteiger partial charge is 0.490 e. The van der Waals surface area contributed by atoms with Crippen LogP contribution in [0.1, 0.15) is 20.3 Å². The van der Waals surface area contributed by atoms with Gasteiger partial charge in [0.15, 0.2) is 9.84 Å². The molecule has 0 fully saturated rings. The number of hydrogen-bond acceptors (Lipinski definition) is 4. The average Bonchev–Trinajstić information content (AvgIpc) is 2.37. The maximum Gasteiger partial charge on any atom is 0.175 e. The van der Waals surface area contributed by atoms with Crippen LogP contribution in [0, 0.1) is 0 Å². The Morgan fingerprint density at radius 1 is 1.32 bits per heavy atom. The molecule has 0 aliphatic carbocycles. The van der Waals surface area contributed by atoms with Crippen molar-refractivity contribution in [2.75, 3.05) is 6.26 Å². The van der Waals surface area contributed by atoms with Crippen molar-refractivity contribution >= 4 is 20.7 Å². The fourth-order valence-corrected chi connectivity index (χ4v) is 2.38. The van der Waals surface area contributed by atoms with Crippen molar-refractivity contribution in [1.29, 1.82) is 0 Å². The molecule has 0 N–H and O–H groups in total. The molecule has 1 atom stereocenters. The number of pyridine rings is 1. The summed E-state index contributed by atoms with van der Waals surface area (Å²) in [6, 6.07) is 6.66. The zero-order chi connectivity index (χ0) is 14.0. The fourth-order valence-electron chi connectivity index (χ4n) is 1.73. The minimum atomic E-state index is -3.23. The first kappa shape index (κ1) is 13.8. The van der Waals surface area contributed by atoms with Gasteiger partial charge in [0, 0.05) is 17.8 Å². The molecule has 1 aromatic carbocycles. The van der Waals surface area contributed by atoms with Crippen molar-refractivity contribution in [2.45, 2.75) is 31.3 Å². The molecule has 0 aliphatic rings. The van der Waals surface area contributed by atoms with E-state index in [2.05, 4.69) is 4.98 Å². The van der Waals surface area contributed by atoms with Gasteiger partial charge in [0.05, 0.1) is 16.5 Å². The number of nitrogens with zero attached hydrogens (tertiary/aromatic N) is 1. The zero-order valence-electron chi connectivity index (χ0n) is 11.3. The third-order valence-electron chi connectivity index (χ3n) is 3.00. The molecule has 0 radical (unpaired) electrons. The van der Waals surface area contributed by atoms with E-state index < -0.39 is 9.84 Å². The molecular weight excluding hydrogens is 262 g/mol. The number of ether oxygens (including phenoxy) is 1. The van der Waals surface area contributed by atoms with E-state index >= 15 is 0 Å². The lowest BCUT2D eigenvalue weighted by Crippen LogP contribution is -2.10. The van der Waals surface area contributed by atoms with Crippen LogP contribution in [0.5, 0.6) is 5.75 Å². The smallest absolute Gasteiger partial charge is 0.175 e. The third-order valence-corrected chi connectivity index (χ3v) is 4.11. The highest BCUT2D eigenvalue weighted by molar-refractivity contribution is 7.90. The van der Waals surface area contributed by atoms with Gasteiger partial charge >= 0.3 is 0 Å². The highest BCUT2D eigenvalue weighted by Crippen LogP contribution is 2.27. The molecule has 1 aromatic heterocycles. The lowest BCUT2D eigenvalue weighted by atomic mass is 10.2. The lowest BCUT2D eigenvalue weighted by molar-refractivity contribution is 0.220. The first-order valence-electron chi connectivity index (χ1n) is 6.17. The molecule has 4 nitrogen and oxygen atoms in total. The summed E-state index contributed by atoms with van der Waals surface area (Å²) in [7, 11) is -3.23. The zero-order valence-corrected chi connectivity index (χ0v) is 12.1. The minimum Gasteiger partial charge on any atom is -0.490 e. The van der Waals surface area contributed by atoms with Crippen LogP contribution < -0.4 is 4.74 Å². The number of sulfone groups is 1. The number of benzene rings is 1. The number of hydrogen-bond donors (Lipinski definition) is 0. The minimum absolute atomic E-state index is 0.0764. The molecule has 0 aliphatic heterocycles. The second kappa shape index (κ2) is 5.17. The molecule has 0 spiro atoms. The van der Waals surface area contributed by atoms with E-state index in [4.69, 9.17) is 4.74 Å². The van der Waals surface area contributed by atoms with E-state index in [0.717, 1.165) is 17.3 Å². The Labute approximate surface area is 113 Å². The van der Waals surface area contributed by atoms with Crippen molar-refractivity contribution in [2.24, 2.45) is 0 Å². The van der Waals surface area contributed by atoms with Gasteiger partial charge in [0.2, 0.25) is 0 Å². The molecule has 0 saturated carbocycles. The third kappa shape index (κ3) is 3.04. The average molecular weight is 279 g/mol. The molecule has 102 valence electrons. The standard InChI is InChI=1S/C14H17NO3S/c1-4-10(2)18-14-7-8-15-13-6-5-11(9-12(13)14)19(3,16)17/h5-10H,4H2,1-3H3. The van der Waals surface area contributed by atoms with Gasteiger partial charge in [-0.05, 0) is 37.6 Å². The fraction of sp³-hybridized carbons (Fsp3) is 0.357. The topological polar surface area (TPSA) is 56.3 Å². The summed E-state index contributed by atoms with van der Waals surface area (Å²) >= 11 is 0. The second-order valence-corrected chi connectivity index (χ2v) is 6.61. The van der Waals surface area contributed by atoms with Crippen LogP contribution in [-0.4, -0.2) is 25.8 Å². The van der Waals surface area contributed by atoms with Crippen LogP contribution in [0.15, 0.2) is 35.4 Å². The van der Waals surface area contributed by atoms with Crippen LogP contribution in [0.4, 0.5) is 0 Å². The highest BCUT2D eigenvalue weighted by Gasteiger charge is 2.12. The van der Waals surface area contributed by atoms with Crippen LogP contribution in [0.3, 0.4) is 0 Å². The van der Waals surface area contributed by atoms with E-state index in [1.165, 1.54) is 6.26 Å². The van der Waals surface area contributed by atoms with Crippen LogP contribution in [0.25, 0.3) is 10.9 Å². The summed E-state index contributed by atoms with van der Waals surface area (Å²) in [4.78, 5) is 4.50. The molecule has 2 aromatic rings. The predicted molar refractivity (Wildman–Crippen MR) is 75.2 cm³/mol. The van der Waals surface area contributed by atoms with Crippen LogP contribution >= 0.6 is 0 Å². The van der Waals surface area contributed by atoms with Crippen LogP contribution in [0.2, 0.25) is 0 Å². The van der Waals surface area contributed by atoms with Crippen molar-refractivity contribution in [3.8, 4) is 5.75 Å². The number of aromatic nitrogens is 1. The van der Waals surface area contributed by atoms with Crippen molar-refractivity contribution in [3.63, 3.8) is 0 Å². The molecular formula is C14H17NO3S. The number of rotatable bonds is 4. The van der Waals surface area contributed by atoms with Gasteiger partial charge in [0.1, 0.15) is 5.75 Å². The molecule has 0 bridgehead atoms. The van der Waals surface area contributed by atoms with Crippen molar-refractivity contribution in [3.05, 3.63) is 30.5 Å². The van der Waals surface area contributed by atoms with Gasteiger partial charge in [-0.25, -0.2) is 8.42 Å². The Morgan fingerprint density at radius 2 is 2.05 bits per heavy atom. The molecule has 1 heterocycles. The summed E-state index contributed by atoms with van der Waals surface area (Å²) in [6.45, 7) is 4.02. The van der Waals surface area contributed by atoms with Gasteiger partial charge in [-0.3, -0.25) is 4.98 Å². The first-order valence-corrected chi connectivity index (χ1v) is 8.06. The normalized spacial score (nSPS) is 13.4. The van der Waals surface area contributed by atoms with Gasteiger partial charge in [-0.1, -0.05) is 6.92 Å². The SMILES string of the molecule is CCC(C)Oc1ccnc2ccc(S(C)(=O)=O)cc12. The molecule has 2 rings (SSSR count). The van der Waals surface area contributed by atoms with Crippen molar-refractivity contribution in [1.82, 2.24) is 4.98 Å². The Morgan fingerprint density at radius 3 is 2.68 bits per heavy atom. The van der Waals surface area contributed by atoms with E-state index in [1.807, 2.05) is 13.8 Å². The van der Waals surface area contributed by atoms with E-state index in [9.17, 15) is 8.42 Å². The first-order chi connectivity index (χ1) is 8.91. The summed E-state index contributed by atoms with van der Waals surface area (Å²) in [5, 5.41) is 0.728. The van der Waals surface area contributed by atoms with Gasteiger partial charge in [-0.15, -0.1) is 0 Å². The van der Waals surface area contributed by atoms with E-state index in [-0.39, 0.29) is 11.0 Å². The Bertz CT molecular complexity index is 695. The Balaban J connectivity index is 2.58. The van der Waals surface area contributed by atoms with Crippen molar-refractivity contribution < 1.29 is 13.2 Å². The number of fused-ring (bicyclic) bond motifs is 1. The van der Waals surface area contributed by atoms with E-state index in [0.29, 0.717) is 5.75 Å². The van der Waals surface area contributed by atoms with Gasteiger partial charge in [-0.2, -0.15) is 0 Å². The molecule has 19 heavy (non-hydrogen) atoms. The maximum absolute atomic E-state index is 11.6. The quantitative estimate of drug-likeness (QED) is 0.863. The summed E-state index contributed by atoms with van der Waals surface area (Å²) < 4.78 is 29.0. The molecule has 1 unspecified atom stereocenters. The van der Waals surface area contributed by atoms with Gasteiger partial charge < -0.3 is 4.74 Å². The molecule has 0 saturated heterocycles. The molecule has 0 amide bonds. The molecule has 5 heteroatoms. The Kier molecular flexibility index (Phi) is 3.75. The Hall–Kier alpha value is -1.62. The second-order valence-electron chi connectivity index (χ2n) is 4.60. The monoisotopic (exact) mass is 279 g/mol.